The molecule has 1 heterocycles. The fourth-order valence-corrected chi connectivity index (χ4v) is 1.63. The molecule has 4 heteroatoms. The first-order valence-electron chi connectivity index (χ1n) is 4.07. The lowest BCUT2D eigenvalue weighted by Gasteiger charge is -2.18. The molecule has 0 aliphatic heterocycles. The van der Waals surface area contributed by atoms with E-state index < -0.39 is 0 Å². The molecule has 0 radical (unpaired) electrons. The third kappa shape index (κ3) is 3.53. The van der Waals surface area contributed by atoms with Crippen LogP contribution in [0.4, 0.5) is 0 Å². The van der Waals surface area contributed by atoms with Gasteiger partial charge in [-0.2, -0.15) is 0 Å². The lowest BCUT2D eigenvalue weighted by molar-refractivity contribution is 0.798. The van der Waals surface area contributed by atoms with Crippen LogP contribution in [0.1, 0.15) is 19.4 Å². The van der Waals surface area contributed by atoms with Gasteiger partial charge in [-0.1, -0.05) is 11.8 Å². The highest BCUT2D eigenvalue weighted by molar-refractivity contribution is 8.00. The summed E-state index contributed by atoms with van der Waals surface area (Å²) in [6.07, 6.45) is 3.64. The highest BCUT2D eigenvalue weighted by Gasteiger charge is 2.19. The molecule has 0 amide bonds. The number of nitrogens with zero attached hydrogens (tertiary/aromatic N) is 2. The zero-order valence-corrected chi connectivity index (χ0v) is 9.61. The van der Waals surface area contributed by atoms with E-state index in [4.69, 9.17) is 11.6 Å². The Morgan fingerprint density at radius 2 is 1.92 bits per heavy atom. The summed E-state index contributed by atoms with van der Waals surface area (Å²) >= 11 is 7.40. The molecule has 13 heavy (non-hydrogen) atoms. The minimum Gasteiger partial charge on any atom is -0.231 e. The van der Waals surface area contributed by atoms with Crippen molar-refractivity contribution in [1.29, 1.82) is 0 Å². The van der Waals surface area contributed by atoms with Gasteiger partial charge < -0.3 is 0 Å². The van der Waals surface area contributed by atoms with Crippen molar-refractivity contribution >= 4 is 23.4 Å². The Morgan fingerprint density at radius 3 is 2.38 bits per heavy atom. The van der Waals surface area contributed by atoms with Gasteiger partial charge in [-0.05, 0) is 26.3 Å². The number of rotatable bonds is 3. The van der Waals surface area contributed by atoms with Crippen LogP contribution in [0.15, 0.2) is 17.6 Å². The summed E-state index contributed by atoms with van der Waals surface area (Å²) in [5.41, 5.74) is 1.08. The van der Waals surface area contributed by atoms with Gasteiger partial charge in [0.25, 0.3) is 0 Å². The van der Waals surface area contributed by atoms with Crippen LogP contribution in [0.2, 0.25) is 0 Å². The molecule has 0 spiro atoms. The van der Waals surface area contributed by atoms with Crippen LogP contribution in [0.25, 0.3) is 0 Å². The Bertz CT molecular complexity index is 271. The van der Waals surface area contributed by atoms with E-state index >= 15 is 0 Å². The number of hydrogen-bond donors (Lipinski definition) is 0. The number of halogens is 1. The Balaban J connectivity index is 2.69. The average Bonchev–Trinajstić information content (AvgIpc) is 2.09. The monoisotopic (exact) mass is 216 g/mol. The summed E-state index contributed by atoms with van der Waals surface area (Å²) in [6.45, 7) is 6.13. The molecule has 0 aliphatic rings. The van der Waals surface area contributed by atoms with Crippen LogP contribution in [0, 0.1) is 6.92 Å². The van der Waals surface area contributed by atoms with E-state index in [-0.39, 0.29) is 4.75 Å². The summed E-state index contributed by atoms with van der Waals surface area (Å²) < 4.78 is -0.00316. The Morgan fingerprint density at radius 1 is 1.38 bits per heavy atom. The zero-order valence-electron chi connectivity index (χ0n) is 8.04. The summed E-state index contributed by atoms with van der Waals surface area (Å²) in [6, 6.07) is 0. The van der Waals surface area contributed by atoms with Crippen LogP contribution in [-0.2, 0) is 0 Å². The number of alkyl halides is 1. The molecule has 72 valence electrons. The minimum absolute atomic E-state index is 0.00316. The second-order valence-corrected chi connectivity index (χ2v) is 5.48. The maximum Gasteiger partial charge on any atom is 0.188 e. The van der Waals surface area contributed by atoms with Crippen molar-refractivity contribution in [2.45, 2.75) is 30.7 Å². The van der Waals surface area contributed by atoms with Crippen molar-refractivity contribution in [3.05, 3.63) is 18.0 Å². The van der Waals surface area contributed by atoms with Gasteiger partial charge in [0.05, 0.1) is 0 Å². The first-order valence-corrected chi connectivity index (χ1v) is 5.42. The topological polar surface area (TPSA) is 25.8 Å². The molecular formula is C9H13ClN2S. The molecule has 0 bridgehead atoms. The third-order valence-electron chi connectivity index (χ3n) is 1.45. The van der Waals surface area contributed by atoms with Crippen molar-refractivity contribution < 1.29 is 0 Å². The molecule has 1 rings (SSSR count). The summed E-state index contributed by atoms with van der Waals surface area (Å²) in [5, 5.41) is 0.788. The number of thioether (sulfide) groups is 1. The minimum atomic E-state index is -0.00316. The largest absolute Gasteiger partial charge is 0.231 e. The summed E-state index contributed by atoms with van der Waals surface area (Å²) in [4.78, 5) is 8.41. The van der Waals surface area contributed by atoms with Gasteiger partial charge in [-0.15, -0.1) is 11.6 Å². The van der Waals surface area contributed by atoms with E-state index in [1.807, 2.05) is 19.3 Å². The van der Waals surface area contributed by atoms with E-state index in [9.17, 15) is 0 Å². The maximum absolute atomic E-state index is 5.80. The molecule has 2 nitrogen and oxygen atoms in total. The van der Waals surface area contributed by atoms with E-state index in [1.54, 1.807) is 11.8 Å². The lowest BCUT2D eigenvalue weighted by atomic mass is 10.2. The molecular weight excluding hydrogens is 204 g/mol. The molecule has 0 saturated carbocycles. The molecule has 0 aliphatic carbocycles. The number of aryl methyl sites for hydroxylation is 1. The SMILES string of the molecule is Cc1cnc(SC(C)(C)CCl)nc1. The van der Waals surface area contributed by atoms with Crippen molar-refractivity contribution in [3.8, 4) is 0 Å². The Hall–Kier alpha value is -0.280. The van der Waals surface area contributed by atoms with Crippen LogP contribution >= 0.6 is 23.4 Å². The van der Waals surface area contributed by atoms with Crippen molar-refractivity contribution in [2.75, 3.05) is 5.88 Å². The molecule has 1 aromatic rings. The normalized spacial score (nSPS) is 11.7. The van der Waals surface area contributed by atoms with Crippen molar-refractivity contribution in [3.63, 3.8) is 0 Å². The van der Waals surface area contributed by atoms with Crippen molar-refractivity contribution in [2.24, 2.45) is 0 Å². The first-order chi connectivity index (χ1) is 6.03. The van der Waals surface area contributed by atoms with Gasteiger partial charge in [-0.3, -0.25) is 0 Å². The van der Waals surface area contributed by atoms with E-state index in [0.717, 1.165) is 10.7 Å². The highest BCUT2D eigenvalue weighted by Crippen LogP contribution is 2.30. The molecule has 1 aromatic heterocycles. The third-order valence-corrected chi connectivity index (χ3v) is 3.36. The van der Waals surface area contributed by atoms with Gasteiger partial charge in [0, 0.05) is 23.0 Å². The van der Waals surface area contributed by atoms with Gasteiger partial charge in [0.15, 0.2) is 5.16 Å². The molecule has 0 fully saturated rings. The maximum atomic E-state index is 5.80. The average molecular weight is 217 g/mol. The summed E-state index contributed by atoms with van der Waals surface area (Å²) in [5.74, 6) is 0.592. The Kier molecular flexibility index (Phi) is 3.56. The fraction of sp³-hybridized carbons (Fsp3) is 0.556. The highest BCUT2D eigenvalue weighted by atomic mass is 35.5. The molecule has 0 atom stereocenters. The Labute approximate surface area is 88.1 Å². The van der Waals surface area contributed by atoms with Gasteiger partial charge in [-0.25, -0.2) is 9.97 Å². The van der Waals surface area contributed by atoms with Crippen LogP contribution in [-0.4, -0.2) is 20.6 Å². The van der Waals surface area contributed by atoms with Crippen LogP contribution in [0.3, 0.4) is 0 Å². The number of hydrogen-bond acceptors (Lipinski definition) is 3. The molecule has 0 N–H and O–H groups in total. The second kappa shape index (κ2) is 4.29. The van der Waals surface area contributed by atoms with Gasteiger partial charge in [0.1, 0.15) is 0 Å². The molecule has 0 unspecified atom stereocenters. The first kappa shape index (κ1) is 10.8. The lowest BCUT2D eigenvalue weighted by Crippen LogP contribution is -2.16. The predicted octanol–water partition coefficient (Wildman–Crippen LogP) is 2.89. The smallest absolute Gasteiger partial charge is 0.188 e. The molecule has 0 saturated heterocycles. The second-order valence-electron chi connectivity index (χ2n) is 3.54. The quantitative estimate of drug-likeness (QED) is 0.442. The van der Waals surface area contributed by atoms with Gasteiger partial charge >= 0.3 is 0 Å². The zero-order chi connectivity index (χ0) is 9.90. The predicted molar refractivity (Wildman–Crippen MR) is 57.4 cm³/mol. The summed E-state index contributed by atoms with van der Waals surface area (Å²) in [7, 11) is 0. The standard InChI is InChI=1S/C9H13ClN2S/c1-7-4-11-8(12-5-7)13-9(2,3)6-10/h4-5H,6H2,1-3H3. The van der Waals surface area contributed by atoms with E-state index in [0.29, 0.717) is 5.88 Å². The fourth-order valence-electron chi connectivity index (χ4n) is 0.708. The van der Waals surface area contributed by atoms with E-state index in [2.05, 4.69) is 23.8 Å². The van der Waals surface area contributed by atoms with E-state index in [1.165, 1.54) is 0 Å². The van der Waals surface area contributed by atoms with Gasteiger partial charge in [0.2, 0.25) is 0 Å². The van der Waals surface area contributed by atoms with Crippen LogP contribution < -0.4 is 0 Å². The number of aromatic nitrogens is 2. The van der Waals surface area contributed by atoms with Crippen LogP contribution in [0.5, 0.6) is 0 Å². The van der Waals surface area contributed by atoms with Crippen molar-refractivity contribution in [1.82, 2.24) is 9.97 Å². The molecule has 0 aromatic carbocycles.